The molecule has 134 valence electrons. The van der Waals surface area contributed by atoms with Crippen molar-refractivity contribution >= 4 is 23.2 Å². The van der Waals surface area contributed by atoms with Gasteiger partial charge < -0.3 is 19.5 Å². The number of hydrogen-bond donors (Lipinski definition) is 1. The maximum absolute atomic E-state index is 12.3. The Morgan fingerprint density at radius 3 is 3.00 bits per heavy atom. The first-order valence-electron chi connectivity index (χ1n) is 8.64. The summed E-state index contributed by atoms with van der Waals surface area (Å²) in [5.74, 6) is 0.553. The average molecular weight is 345 g/mol. The van der Waals surface area contributed by atoms with Gasteiger partial charge in [-0.05, 0) is 25.5 Å². The fourth-order valence-corrected chi connectivity index (χ4v) is 3.22. The van der Waals surface area contributed by atoms with E-state index in [1.807, 2.05) is 12.1 Å². The topological polar surface area (TPSA) is 89.4 Å². The summed E-state index contributed by atoms with van der Waals surface area (Å²) in [7, 11) is 0. The molecule has 0 spiro atoms. The third kappa shape index (κ3) is 3.57. The predicted octanol–water partition coefficient (Wildman–Crippen LogP) is 1.51. The summed E-state index contributed by atoms with van der Waals surface area (Å²) >= 11 is 0. The van der Waals surface area contributed by atoms with Crippen LogP contribution in [0.3, 0.4) is 0 Å². The Bertz CT molecular complexity index is 773. The Morgan fingerprint density at radius 1 is 1.40 bits per heavy atom. The minimum Gasteiger partial charge on any atom is -0.465 e. The Labute approximate surface area is 146 Å². The monoisotopic (exact) mass is 345 g/mol. The average Bonchev–Trinajstić information content (AvgIpc) is 3.23. The van der Waals surface area contributed by atoms with Gasteiger partial charge in [-0.3, -0.25) is 4.79 Å². The van der Waals surface area contributed by atoms with E-state index in [1.165, 1.54) is 0 Å². The molecule has 1 atom stereocenters. The van der Waals surface area contributed by atoms with Gasteiger partial charge in [-0.15, -0.1) is 0 Å². The van der Waals surface area contributed by atoms with Crippen molar-refractivity contribution in [3.63, 3.8) is 0 Å². The van der Waals surface area contributed by atoms with E-state index in [0.717, 1.165) is 29.8 Å². The van der Waals surface area contributed by atoms with Crippen molar-refractivity contribution < 1.29 is 14.3 Å². The van der Waals surface area contributed by atoms with Crippen LogP contribution < -0.4 is 5.32 Å². The van der Waals surface area contributed by atoms with Gasteiger partial charge >= 0.3 is 12.0 Å². The van der Waals surface area contributed by atoms with Crippen LogP contribution in [-0.4, -0.2) is 57.7 Å². The zero-order valence-corrected chi connectivity index (χ0v) is 14.6. The highest BCUT2D eigenvalue weighted by Gasteiger charge is 2.30. The molecular weight excluding hydrogens is 322 g/mol. The molecule has 1 N–H and O–H groups in total. The zero-order chi connectivity index (χ0) is 17.8. The molecule has 0 bridgehead atoms. The van der Waals surface area contributed by atoms with Crippen molar-refractivity contribution in [1.29, 1.82) is 0 Å². The highest BCUT2D eigenvalue weighted by molar-refractivity contribution is 5.81. The van der Waals surface area contributed by atoms with Crippen LogP contribution in [0.1, 0.15) is 32.1 Å². The second-order valence-corrected chi connectivity index (χ2v) is 5.95. The van der Waals surface area contributed by atoms with Crippen molar-refractivity contribution in [3.8, 4) is 0 Å². The molecule has 1 fully saturated rings. The first-order valence-corrected chi connectivity index (χ1v) is 8.64. The Kier molecular flexibility index (Phi) is 5.16. The number of rotatable bonds is 5. The van der Waals surface area contributed by atoms with Crippen LogP contribution in [0.5, 0.6) is 0 Å². The van der Waals surface area contributed by atoms with Crippen molar-refractivity contribution in [2.24, 2.45) is 0 Å². The number of aryl methyl sites for hydroxylation is 1. The number of ether oxygens (including phenoxy) is 1. The number of nitrogens with zero attached hydrogens (tertiary/aromatic N) is 4. The lowest BCUT2D eigenvalue weighted by Crippen LogP contribution is -2.41. The molecule has 2 aromatic heterocycles. The molecule has 1 saturated heterocycles. The fourth-order valence-electron chi connectivity index (χ4n) is 3.22. The van der Waals surface area contributed by atoms with Gasteiger partial charge in [-0.1, -0.05) is 6.92 Å². The molecule has 2 amide bonds. The minimum absolute atomic E-state index is 0.108. The van der Waals surface area contributed by atoms with Gasteiger partial charge in [0.2, 0.25) is 0 Å². The molecule has 0 saturated carbocycles. The second-order valence-electron chi connectivity index (χ2n) is 5.95. The van der Waals surface area contributed by atoms with E-state index < -0.39 is 5.97 Å². The molecule has 3 heterocycles. The van der Waals surface area contributed by atoms with Crippen LogP contribution in [0.2, 0.25) is 0 Å². The van der Waals surface area contributed by atoms with E-state index >= 15 is 0 Å². The van der Waals surface area contributed by atoms with Crippen molar-refractivity contribution in [3.05, 3.63) is 24.2 Å². The van der Waals surface area contributed by atoms with E-state index in [2.05, 4.69) is 26.8 Å². The lowest BCUT2D eigenvalue weighted by molar-refractivity contribution is -0.141. The van der Waals surface area contributed by atoms with Gasteiger partial charge in [0.1, 0.15) is 17.9 Å². The van der Waals surface area contributed by atoms with Crippen molar-refractivity contribution in [1.82, 2.24) is 24.8 Å². The smallest absolute Gasteiger partial charge is 0.325 e. The summed E-state index contributed by atoms with van der Waals surface area (Å²) in [6, 6.07) is 3.73. The number of carbonyl (C=O) groups excluding carboxylic acids is 2. The molecule has 1 unspecified atom stereocenters. The number of amides is 2. The van der Waals surface area contributed by atoms with Crippen LogP contribution in [0, 0.1) is 0 Å². The van der Waals surface area contributed by atoms with Crippen molar-refractivity contribution in [2.45, 2.75) is 32.7 Å². The molecule has 0 radical (unpaired) electrons. The summed E-state index contributed by atoms with van der Waals surface area (Å²) in [5, 5.41) is 2.61. The molecular formula is C17H23N5O3. The van der Waals surface area contributed by atoms with Gasteiger partial charge in [0.15, 0.2) is 5.65 Å². The van der Waals surface area contributed by atoms with Gasteiger partial charge in [0.05, 0.1) is 12.6 Å². The fraction of sp³-hybridized carbons (Fsp3) is 0.529. The number of nitrogens with one attached hydrogen (secondary N) is 1. The van der Waals surface area contributed by atoms with Gasteiger partial charge in [-0.25, -0.2) is 14.8 Å². The zero-order valence-electron chi connectivity index (χ0n) is 14.6. The Morgan fingerprint density at radius 2 is 2.24 bits per heavy atom. The van der Waals surface area contributed by atoms with Crippen LogP contribution in [0.15, 0.2) is 18.3 Å². The van der Waals surface area contributed by atoms with E-state index in [0.29, 0.717) is 19.7 Å². The second kappa shape index (κ2) is 7.50. The maximum atomic E-state index is 12.3. The maximum Gasteiger partial charge on any atom is 0.325 e. The lowest BCUT2D eigenvalue weighted by Gasteiger charge is -2.18. The summed E-state index contributed by atoms with van der Waals surface area (Å²) in [6.07, 6.45) is 3.41. The van der Waals surface area contributed by atoms with Crippen molar-refractivity contribution in [2.75, 3.05) is 26.2 Å². The normalized spacial score (nSPS) is 17.0. The molecule has 25 heavy (non-hydrogen) atoms. The Hall–Kier alpha value is -2.64. The third-order valence-corrected chi connectivity index (χ3v) is 4.34. The molecule has 1 aliphatic rings. The van der Waals surface area contributed by atoms with Gasteiger partial charge in [-0.2, -0.15) is 0 Å². The van der Waals surface area contributed by atoms with Gasteiger partial charge in [0.25, 0.3) is 0 Å². The molecule has 0 aliphatic carbocycles. The predicted molar refractivity (Wildman–Crippen MR) is 92.2 cm³/mol. The van der Waals surface area contributed by atoms with Crippen LogP contribution in [-0.2, 0) is 16.0 Å². The number of aromatic nitrogens is 3. The summed E-state index contributed by atoms with van der Waals surface area (Å²) in [6.45, 7) is 5.21. The van der Waals surface area contributed by atoms with Gasteiger partial charge in [0, 0.05) is 25.7 Å². The number of urea groups is 1. The SMILES string of the molecule is CCOC(=O)CNC(=O)N1CCC(n2c(CC)nc3cccnc32)C1. The quantitative estimate of drug-likeness (QED) is 0.830. The molecule has 8 nitrogen and oxygen atoms in total. The summed E-state index contributed by atoms with van der Waals surface area (Å²) in [4.78, 5) is 34.5. The third-order valence-electron chi connectivity index (χ3n) is 4.34. The minimum atomic E-state index is -0.426. The molecule has 8 heteroatoms. The molecule has 0 aromatic carbocycles. The van der Waals surface area contributed by atoms with E-state index in [1.54, 1.807) is 18.0 Å². The highest BCUT2D eigenvalue weighted by Crippen LogP contribution is 2.27. The van der Waals surface area contributed by atoms with Crippen LogP contribution in [0.4, 0.5) is 4.79 Å². The number of esters is 1. The summed E-state index contributed by atoms with van der Waals surface area (Å²) < 4.78 is 6.97. The van der Waals surface area contributed by atoms with E-state index in [-0.39, 0.29) is 18.6 Å². The van der Waals surface area contributed by atoms with E-state index in [4.69, 9.17) is 4.74 Å². The number of pyridine rings is 1. The number of likely N-dealkylation sites (tertiary alicyclic amines) is 1. The first-order chi connectivity index (χ1) is 12.1. The Balaban J connectivity index is 1.69. The highest BCUT2D eigenvalue weighted by atomic mass is 16.5. The van der Waals surface area contributed by atoms with E-state index in [9.17, 15) is 9.59 Å². The number of hydrogen-bond acceptors (Lipinski definition) is 5. The molecule has 2 aromatic rings. The standard InChI is InChI=1S/C17H23N5O3/c1-3-14-20-13-6-5-8-18-16(13)22(14)12-7-9-21(11-12)17(24)19-10-15(23)25-4-2/h5-6,8,12H,3-4,7,9-11H2,1-2H3,(H,19,24). The first kappa shape index (κ1) is 17.2. The largest absolute Gasteiger partial charge is 0.465 e. The molecule has 3 rings (SSSR count). The number of imidazole rings is 1. The number of carbonyl (C=O) groups is 2. The van der Waals surface area contributed by atoms with Crippen LogP contribution in [0.25, 0.3) is 11.2 Å². The summed E-state index contributed by atoms with van der Waals surface area (Å²) in [5.41, 5.74) is 1.74. The lowest BCUT2D eigenvalue weighted by atomic mass is 10.2. The molecule has 1 aliphatic heterocycles. The van der Waals surface area contributed by atoms with Crippen LogP contribution >= 0.6 is 0 Å². The number of fused-ring (bicyclic) bond motifs is 1.